The van der Waals surface area contributed by atoms with Crippen LogP contribution in [0.3, 0.4) is 0 Å². The van der Waals surface area contributed by atoms with Crippen LogP contribution in [0.15, 0.2) is 0 Å². The summed E-state index contributed by atoms with van der Waals surface area (Å²) >= 11 is 0. The van der Waals surface area contributed by atoms with Crippen LogP contribution < -0.4 is 11.1 Å². The summed E-state index contributed by atoms with van der Waals surface area (Å²) < 4.78 is 0. The SMILES string of the molecule is C.NC1(CO)CCNC1. The Bertz CT molecular complexity index is 79.1. The molecule has 1 aliphatic rings. The summed E-state index contributed by atoms with van der Waals surface area (Å²) in [6.07, 6.45) is 0.892. The highest BCUT2D eigenvalue weighted by Gasteiger charge is 2.27. The molecule has 0 radical (unpaired) electrons. The van der Waals surface area contributed by atoms with Crippen LogP contribution in [0.5, 0.6) is 0 Å². The largest absolute Gasteiger partial charge is 0.394 e. The molecular formula is C6H16N2O. The lowest BCUT2D eigenvalue weighted by atomic mass is 10.0. The molecular weight excluding hydrogens is 116 g/mol. The number of hydrogen-bond acceptors (Lipinski definition) is 3. The van der Waals surface area contributed by atoms with Gasteiger partial charge in [-0.05, 0) is 13.0 Å². The maximum Gasteiger partial charge on any atom is 0.0624 e. The van der Waals surface area contributed by atoms with Crippen molar-refractivity contribution in [2.45, 2.75) is 19.4 Å². The lowest BCUT2D eigenvalue weighted by Gasteiger charge is -2.17. The van der Waals surface area contributed by atoms with Crippen molar-refractivity contribution in [3.05, 3.63) is 0 Å². The third kappa shape index (κ3) is 1.93. The predicted octanol–water partition coefficient (Wildman–Crippen LogP) is -0.694. The molecule has 9 heavy (non-hydrogen) atoms. The van der Waals surface area contributed by atoms with Crippen LogP contribution in [0.4, 0.5) is 0 Å². The number of nitrogens with one attached hydrogen (secondary N) is 1. The second kappa shape index (κ2) is 3.15. The third-order valence-corrected chi connectivity index (χ3v) is 1.59. The maximum absolute atomic E-state index is 8.66. The van der Waals surface area contributed by atoms with Gasteiger partial charge < -0.3 is 16.2 Å². The smallest absolute Gasteiger partial charge is 0.0624 e. The zero-order valence-electron chi connectivity index (χ0n) is 4.85. The van der Waals surface area contributed by atoms with Gasteiger partial charge in [-0.3, -0.25) is 0 Å². The van der Waals surface area contributed by atoms with E-state index < -0.39 is 0 Å². The fourth-order valence-electron chi connectivity index (χ4n) is 0.898. The molecule has 1 heterocycles. The van der Waals surface area contributed by atoms with Gasteiger partial charge in [0.2, 0.25) is 0 Å². The number of aliphatic hydroxyl groups is 1. The van der Waals surface area contributed by atoms with E-state index in [1.54, 1.807) is 0 Å². The van der Waals surface area contributed by atoms with E-state index in [4.69, 9.17) is 10.8 Å². The molecule has 1 unspecified atom stereocenters. The Morgan fingerprint density at radius 2 is 2.33 bits per heavy atom. The Morgan fingerprint density at radius 3 is 2.56 bits per heavy atom. The van der Waals surface area contributed by atoms with Crippen molar-refractivity contribution in [1.82, 2.24) is 5.32 Å². The van der Waals surface area contributed by atoms with Crippen LogP contribution in [0, 0.1) is 0 Å². The quantitative estimate of drug-likeness (QED) is 0.442. The molecule has 0 aromatic rings. The van der Waals surface area contributed by atoms with Crippen molar-refractivity contribution in [1.29, 1.82) is 0 Å². The number of hydrogen-bond donors (Lipinski definition) is 3. The average Bonchev–Trinajstić information content (AvgIpc) is 2.17. The maximum atomic E-state index is 8.66. The molecule has 56 valence electrons. The lowest BCUT2D eigenvalue weighted by molar-refractivity contribution is 0.209. The minimum atomic E-state index is -0.319. The summed E-state index contributed by atoms with van der Waals surface area (Å²) in [4.78, 5) is 0. The molecule has 0 spiro atoms. The van der Waals surface area contributed by atoms with Crippen molar-refractivity contribution < 1.29 is 5.11 Å². The van der Waals surface area contributed by atoms with Crippen LogP contribution in [0.2, 0.25) is 0 Å². The van der Waals surface area contributed by atoms with Crippen LogP contribution in [-0.2, 0) is 0 Å². The molecule has 0 bridgehead atoms. The normalized spacial score (nSPS) is 34.0. The first kappa shape index (κ1) is 8.88. The molecule has 3 nitrogen and oxygen atoms in total. The third-order valence-electron chi connectivity index (χ3n) is 1.59. The van der Waals surface area contributed by atoms with Crippen molar-refractivity contribution in [3.63, 3.8) is 0 Å². The molecule has 0 aromatic carbocycles. The average molecular weight is 132 g/mol. The Kier molecular flexibility index (Phi) is 3.11. The zero-order valence-corrected chi connectivity index (χ0v) is 4.85. The lowest BCUT2D eigenvalue weighted by Crippen LogP contribution is -2.45. The highest BCUT2D eigenvalue weighted by atomic mass is 16.3. The highest BCUT2D eigenvalue weighted by Crippen LogP contribution is 2.08. The van der Waals surface area contributed by atoms with E-state index in [9.17, 15) is 0 Å². The van der Waals surface area contributed by atoms with Crippen LogP contribution in [0.25, 0.3) is 0 Å². The van der Waals surface area contributed by atoms with Crippen LogP contribution >= 0.6 is 0 Å². The fraction of sp³-hybridized carbons (Fsp3) is 1.00. The molecule has 1 aliphatic heterocycles. The monoisotopic (exact) mass is 132 g/mol. The standard InChI is InChI=1S/C5H12N2O.CH4/c6-5(4-8)1-2-7-3-5;/h7-8H,1-4,6H2;1H4. The topological polar surface area (TPSA) is 58.3 Å². The Morgan fingerprint density at radius 1 is 1.67 bits per heavy atom. The Labute approximate surface area is 56.2 Å². The first-order chi connectivity index (χ1) is 3.77. The predicted molar refractivity (Wildman–Crippen MR) is 38.2 cm³/mol. The van der Waals surface area contributed by atoms with Gasteiger partial charge in [0.1, 0.15) is 0 Å². The van der Waals surface area contributed by atoms with Crippen molar-refractivity contribution in [3.8, 4) is 0 Å². The van der Waals surface area contributed by atoms with E-state index in [0.29, 0.717) is 0 Å². The molecule has 0 aliphatic carbocycles. The number of rotatable bonds is 1. The van der Waals surface area contributed by atoms with Gasteiger partial charge in [0.15, 0.2) is 0 Å². The summed E-state index contributed by atoms with van der Waals surface area (Å²) in [6, 6.07) is 0. The summed E-state index contributed by atoms with van der Waals surface area (Å²) in [7, 11) is 0. The van der Waals surface area contributed by atoms with E-state index in [2.05, 4.69) is 5.32 Å². The van der Waals surface area contributed by atoms with Gasteiger partial charge >= 0.3 is 0 Å². The first-order valence-electron chi connectivity index (χ1n) is 2.87. The molecule has 0 aromatic heterocycles. The van der Waals surface area contributed by atoms with E-state index in [1.165, 1.54) is 0 Å². The van der Waals surface area contributed by atoms with E-state index in [-0.39, 0.29) is 19.6 Å². The molecule has 3 heteroatoms. The van der Waals surface area contributed by atoms with E-state index in [1.807, 2.05) is 0 Å². The highest BCUT2D eigenvalue weighted by molar-refractivity contribution is 4.91. The second-order valence-corrected chi connectivity index (χ2v) is 2.45. The molecule has 1 saturated heterocycles. The van der Waals surface area contributed by atoms with E-state index >= 15 is 0 Å². The van der Waals surface area contributed by atoms with Gasteiger partial charge in [0.25, 0.3) is 0 Å². The van der Waals surface area contributed by atoms with Gasteiger partial charge in [-0.2, -0.15) is 0 Å². The van der Waals surface area contributed by atoms with Gasteiger partial charge in [-0.1, -0.05) is 7.43 Å². The van der Waals surface area contributed by atoms with Gasteiger partial charge in [0, 0.05) is 6.54 Å². The Balaban J connectivity index is 0.000000640. The molecule has 1 rings (SSSR count). The molecule has 4 N–H and O–H groups in total. The zero-order chi connectivity index (χ0) is 6.04. The minimum Gasteiger partial charge on any atom is -0.394 e. The summed E-state index contributed by atoms with van der Waals surface area (Å²) in [5.41, 5.74) is 5.33. The summed E-state index contributed by atoms with van der Waals surface area (Å²) in [5.74, 6) is 0. The molecule has 0 amide bonds. The molecule has 0 saturated carbocycles. The van der Waals surface area contributed by atoms with Crippen LogP contribution in [0.1, 0.15) is 13.8 Å². The summed E-state index contributed by atoms with van der Waals surface area (Å²) in [6.45, 7) is 1.79. The summed E-state index contributed by atoms with van der Waals surface area (Å²) in [5, 5.41) is 11.7. The molecule has 1 atom stereocenters. The van der Waals surface area contributed by atoms with Crippen LogP contribution in [-0.4, -0.2) is 30.3 Å². The number of aliphatic hydroxyl groups excluding tert-OH is 1. The molecule has 1 fully saturated rings. The number of nitrogens with two attached hydrogens (primary N) is 1. The van der Waals surface area contributed by atoms with Gasteiger partial charge in [-0.15, -0.1) is 0 Å². The Hall–Kier alpha value is -0.120. The van der Waals surface area contributed by atoms with Gasteiger partial charge in [0.05, 0.1) is 12.1 Å². The van der Waals surface area contributed by atoms with Crippen molar-refractivity contribution >= 4 is 0 Å². The fourth-order valence-corrected chi connectivity index (χ4v) is 0.898. The second-order valence-electron chi connectivity index (χ2n) is 2.45. The first-order valence-corrected chi connectivity index (χ1v) is 2.87. The van der Waals surface area contributed by atoms with Gasteiger partial charge in [-0.25, -0.2) is 0 Å². The minimum absolute atomic E-state index is 0. The van der Waals surface area contributed by atoms with Crippen molar-refractivity contribution in [2.75, 3.05) is 19.7 Å². The van der Waals surface area contributed by atoms with Crippen molar-refractivity contribution in [2.24, 2.45) is 5.73 Å². The van der Waals surface area contributed by atoms with E-state index in [0.717, 1.165) is 19.5 Å².